The minimum atomic E-state index is -4.14. The summed E-state index contributed by atoms with van der Waals surface area (Å²) in [6.07, 6.45) is -1.98. The number of hydrogen-bond donors (Lipinski definition) is 3. The van der Waals surface area contributed by atoms with Crippen LogP contribution in [-0.4, -0.2) is 63.1 Å². The van der Waals surface area contributed by atoms with E-state index in [0.29, 0.717) is 30.2 Å². The van der Waals surface area contributed by atoms with E-state index in [9.17, 15) is 23.1 Å². The van der Waals surface area contributed by atoms with Gasteiger partial charge in [-0.2, -0.15) is 18.2 Å². The first-order valence-electron chi connectivity index (χ1n) is 12.5. The molecular weight excluding hydrogens is 501 g/mol. The van der Waals surface area contributed by atoms with Gasteiger partial charge in [-0.05, 0) is 63.4 Å². The van der Waals surface area contributed by atoms with E-state index in [1.54, 1.807) is 25.5 Å². The number of piperidine rings is 1. The van der Waals surface area contributed by atoms with Crippen molar-refractivity contribution in [2.24, 2.45) is 0 Å². The average Bonchev–Trinajstić information content (AvgIpc) is 2.85. The molecule has 0 radical (unpaired) electrons. The Kier molecular flexibility index (Phi) is 7.84. The summed E-state index contributed by atoms with van der Waals surface area (Å²) in [6.45, 7) is 4.65. The fourth-order valence-corrected chi connectivity index (χ4v) is 4.74. The van der Waals surface area contributed by atoms with Gasteiger partial charge in [0.25, 0.3) is 0 Å². The zero-order chi connectivity index (χ0) is 27.7. The molecule has 3 aromatic rings. The molecule has 1 saturated heterocycles. The summed E-state index contributed by atoms with van der Waals surface area (Å²) in [6, 6.07) is 7.01. The number of benzene rings is 1. The number of methoxy groups -OCH3 is 1. The van der Waals surface area contributed by atoms with Crippen molar-refractivity contribution in [2.45, 2.75) is 57.3 Å². The van der Waals surface area contributed by atoms with Crippen LogP contribution in [-0.2, 0) is 6.54 Å². The van der Waals surface area contributed by atoms with Crippen LogP contribution in [0.3, 0.4) is 0 Å². The molecule has 0 aliphatic carbocycles. The standard InChI is InChI=1S/C26H33F3N6O3/c1-25(2,37)15-35-22(30)13-20(36)18-14-31-24(33-23(18)35)32-19-5-4-17(12-21(19)38-3)16-6-9-34(10-7-16)11-8-26(27,28)29/h4-5,12-14,16,37H,6-11,15,30H2,1-3H3,(H,31,32,33). The Labute approximate surface area is 218 Å². The van der Waals surface area contributed by atoms with Gasteiger partial charge in [0.15, 0.2) is 11.1 Å². The monoisotopic (exact) mass is 534 g/mol. The smallest absolute Gasteiger partial charge is 0.390 e. The molecule has 3 heterocycles. The number of halogens is 3. The van der Waals surface area contributed by atoms with Crippen molar-refractivity contribution in [3.8, 4) is 5.75 Å². The number of rotatable bonds is 8. The summed E-state index contributed by atoms with van der Waals surface area (Å²) in [5.41, 5.74) is 6.61. The predicted molar refractivity (Wildman–Crippen MR) is 140 cm³/mol. The SMILES string of the molecule is COc1cc(C2CCN(CCC(F)(F)F)CC2)ccc1Nc1ncc2c(=O)cc(N)n(CC(C)(C)O)c2n1. The van der Waals surface area contributed by atoms with Gasteiger partial charge < -0.3 is 30.4 Å². The van der Waals surface area contributed by atoms with E-state index >= 15 is 0 Å². The first kappa shape index (κ1) is 27.6. The fraction of sp³-hybridized carbons (Fsp3) is 0.500. The van der Waals surface area contributed by atoms with Crippen LogP contribution in [0.5, 0.6) is 5.75 Å². The molecule has 1 aliphatic rings. The first-order valence-corrected chi connectivity index (χ1v) is 12.5. The fourth-order valence-electron chi connectivity index (χ4n) is 4.74. The third-order valence-corrected chi connectivity index (χ3v) is 6.67. The number of aromatic nitrogens is 3. The highest BCUT2D eigenvalue weighted by molar-refractivity contribution is 5.78. The molecular formula is C26H33F3N6O3. The molecule has 9 nitrogen and oxygen atoms in total. The van der Waals surface area contributed by atoms with Gasteiger partial charge in [-0.1, -0.05) is 6.07 Å². The second-order valence-electron chi connectivity index (χ2n) is 10.3. The molecule has 4 N–H and O–H groups in total. The highest BCUT2D eigenvalue weighted by Gasteiger charge is 2.29. The summed E-state index contributed by atoms with van der Waals surface area (Å²) in [5.74, 6) is 1.18. The number of aliphatic hydroxyl groups is 1. The maximum atomic E-state index is 12.5. The summed E-state index contributed by atoms with van der Waals surface area (Å²) in [4.78, 5) is 23.1. The maximum absolute atomic E-state index is 12.5. The summed E-state index contributed by atoms with van der Waals surface area (Å²) in [5, 5.41) is 13.7. The quantitative estimate of drug-likeness (QED) is 0.397. The summed E-state index contributed by atoms with van der Waals surface area (Å²) >= 11 is 0. The lowest BCUT2D eigenvalue weighted by Gasteiger charge is -2.32. The molecule has 1 fully saturated rings. The van der Waals surface area contributed by atoms with Gasteiger partial charge in [-0.25, -0.2) is 4.98 Å². The molecule has 0 unspecified atom stereocenters. The lowest BCUT2D eigenvalue weighted by atomic mass is 9.89. The van der Waals surface area contributed by atoms with E-state index in [1.165, 1.54) is 12.3 Å². The zero-order valence-corrected chi connectivity index (χ0v) is 21.7. The van der Waals surface area contributed by atoms with Crippen LogP contribution in [0.1, 0.15) is 44.6 Å². The van der Waals surface area contributed by atoms with Crippen LogP contribution in [0.2, 0.25) is 0 Å². The summed E-state index contributed by atoms with van der Waals surface area (Å²) < 4.78 is 44.8. The van der Waals surface area contributed by atoms with Crippen LogP contribution in [0, 0.1) is 0 Å². The van der Waals surface area contributed by atoms with Crippen molar-refractivity contribution in [2.75, 3.05) is 37.8 Å². The van der Waals surface area contributed by atoms with Crippen molar-refractivity contribution < 1.29 is 23.0 Å². The van der Waals surface area contributed by atoms with E-state index in [4.69, 9.17) is 10.5 Å². The number of nitrogens with zero attached hydrogens (tertiary/aromatic N) is 4. The van der Waals surface area contributed by atoms with Crippen LogP contribution in [0.25, 0.3) is 11.0 Å². The Morgan fingerprint density at radius 3 is 2.55 bits per heavy atom. The predicted octanol–water partition coefficient (Wildman–Crippen LogP) is 4.03. The number of fused-ring (bicyclic) bond motifs is 1. The Morgan fingerprint density at radius 1 is 1.21 bits per heavy atom. The van der Waals surface area contributed by atoms with Crippen molar-refractivity contribution in [3.63, 3.8) is 0 Å². The summed E-state index contributed by atoms with van der Waals surface area (Å²) in [7, 11) is 1.55. The van der Waals surface area contributed by atoms with Gasteiger partial charge in [0.2, 0.25) is 5.95 Å². The Balaban J connectivity index is 1.53. The van der Waals surface area contributed by atoms with Crippen molar-refractivity contribution >= 4 is 28.5 Å². The molecule has 0 bridgehead atoms. The van der Waals surface area contributed by atoms with Crippen molar-refractivity contribution in [1.82, 2.24) is 19.4 Å². The normalized spacial score (nSPS) is 15.7. The molecule has 0 atom stereocenters. The second kappa shape index (κ2) is 10.8. The van der Waals surface area contributed by atoms with E-state index < -0.39 is 18.2 Å². The van der Waals surface area contributed by atoms with E-state index in [0.717, 1.165) is 18.4 Å². The molecule has 206 valence electrons. The number of anilines is 3. The lowest BCUT2D eigenvalue weighted by Crippen LogP contribution is -2.35. The first-order chi connectivity index (χ1) is 17.8. The third kappa shape index (κ3) is 6.73. The molecule has 2 aromatic heterocycles. The van der Waals surface area contributed by atoms with E-state index in [-0.39, 0.29) is 41.6 Å². The molecule has 4 rings (SSSR count). The molecule has 1 aliphatic heterocycles. The van der Waals surface area contributed by atoms with Crippen LogP contribution in [0.4, 0.5) is 30.6 Å². The van der Waals surface area contributed by atoms with Gasteiger partial charge in [0.05, 0.1) is 36.8 Å². The van der Waals surface area contributed by atoms with Gasteiger partial charge >= 0.3 is 6.18 Å². The lowest BCUT2D eigenvalue weighted by molar-refractivity contribution is -0.138. The minimum absolute atomic E-state index is 0.0312. The highest BCUT2D eigenvalue weighted by atomic mass is 19.4. The van der Waals surface area contributed by atoms with Gasteiger partial charge in [-0.3, -0.25) is 4.79 Å². The molecule has 0 amide bonds. The third-order valence-electron chi connectivity index (χ3n) is 6.67. The number of nitrogens with two attached hydrogens (primary N) is 1. The highest BCUT2D eigenvalue weighted by Crippen LogP contribution is 2.35. The molecule has 12 heteroatoms. The second-order valence-corrected chi connectivity index (χ2v) is 10.3. The van der Waals surface area contributed by atoms with Gasteiger partial charge in [-0.15, -0.1) is 0 Å². The topological polar surface area (TPSA) is 119 Å². The molecule has 38 heavy (non-hydrogen) atoms. The number of nitrogens with one attached hydrogen (secondary N) is 1. The number of alkyl halides is 3. The molecule has 0 saturated carbocycles. The van der Waals surface area contributed by atoms with Gasteiger partial charge in [0, 0.05) is 18.8 Å². The van der Waals surface area contributed by atoms with Crippen molar-refractivity contribution in [1.29, 1.82) is 0 Å². The van der Waals surface area contributed by atoms with E-state index in [1.807, 2.05) is 23.1 Å². The Morgan fingerprint density at radius 2 is 1.92 bits per heavy atom. The van der Waals surface area contributed by atoms with Crippen LogP contribution < -0.4 is 21.2 Å². The number of ether oxygens (including phenoxy) is 1. The largest absolute Gasteiger partial charge is 0.495 e. The molecule has 1 aromatic carbocycles. The average molecular weight is 535 g/mol. The number of hydrogen-bond acceptors (Lipinski definition) is 8. The molecule has 0 spiro atoms. The van der Waals surface area contributed by atoms with E-state index in [2.05, 4.69) is 15.3 Å². The van der Waals surface area contributed by atoms with Crippen LogP contribution >= 0.6 is 0 Å². The zero-order valence-electron chi connectivity index (χ0n) is 21.7. The van der Waals surface area contributed by atoms with Crippen LogP contribution in [0.15, 0.2) is 35.3 Å². The number of pyridine rings is 1. The number of likely N-dealkylation sites (tertiary alicyclic amines) is 1. The number of nitrogen functional groups attached to an aromatic ring is 1. The minimum Gasteiger partial charge on any atom is -0.495 e. The van der Waals surface area contributed by atoms with Gasteiger partial charge in [0.1, 0.15) is 11.6 Å². The Hall–Kier alpha value is -3.38. The van der Waals surface area contributed by atoms with Crippen molar-refractivity contribution in [3.05, 3.63) is 46.2 Å². The maximum Gasteiger partial charge on any atom is 0.390 e. The Bertz CT molecular complexity index is 1350.